The van der Waals surface area contributed by atoms with Crippen molar-refractivity contribution in [2.75, 3.05) is 40.2 Å². The van der Waals surface area contributed by atoms with Gasteiger partial charge in [0.25, 0.3) is 0 Å². The first-order valence-corrected chi connectivity index (χ1v) is 9.19. The van der Waals surface area contributed by atoms with Gasteiger partial charge in [0.05, 0.1) is 21.3 Å². The third kappa shape index (κ3) is 7.97. The maximum Gasteiger partial charge on any atom is 0.411 e. The Morgan fingerprint density at radius 2 is 1.60 bits per heavy atom. The van der Waals surface area contributed by atoms with Gasteiger partial charge in [0.15, 0.2) is 17.5 Å². The number of carbonyl (C=O) groups excluding carboxylic acids is 1. The van der Waals surface area contributed by atoms with Crippen LogP contribution in [0.25, 0.3) is 0 Å². The predicted molar refractivity (Wildman–Crippen MR) is 129 cm³/mol. The topological polar surface area (TPSA) is 93.2 Å². The second-order valence-electron chi connectivity index (χ2n) is 6.11. The molecule has 30 heavy (non-hydrogen) atoms. The number of anilines is 1. The Hall–Kier alpha value is -2.69. The van der Waals surface area contributed by atoms with Crippen LogP contribution in [0, 0.1) is 0 Å². The molecule has 164 valence electrons. The van der Waals surface area contributed by atoms with Crippen molar-refractivity contribution in [1.82, 2.24) is 10.6 Å². The van der Waals surface area contributed by atoms with E-state index in [1.807, 2.05) is 42.5 Å². The lowest BCUT2D eigenvalue weighted by Gasteiger charge is -2.13. The van der Waals surface area contributed by atoms with Crippen molar-refractivity contribution in [2.45, 2.75) is 13.0 Å². The van der Waals surface area contributed by atoms with Gasteiger partial charge in [-0.2, -0.15) is 0 Å². The minimum Gasteiger partial charge on any atom is -0.493 e. The Labute approximate surface area is 194 Å². The van der Waals surface area contributed by atoms with Crippen LogP contribution in [-0.4, -0.2) is 47.0 Å². The summed E-state index contributed by atoms with van der Waals surface area (Å²) in [4.78, 5) is 15.4. The van der Waals surface area contributed by atoms with Gasteiger partial charge in [-0.15, -0.1) is 24.0 Å². The highest BCUT2D eigenvalue weighted by molar-refractivity contribution is 14.0. The standard InChI is InChI=1S/C21H28N4O4.HI/c1-22-20(23-12-11-15-7-10-18(27-2)19(13-15)28-3)24-14-16-5-8-17(9-6-16)25-21(26)29-4;/h5-10,13H,11-12,14H2,1-4H3,(H,25,26)(H2,22,23,24);1H. The van der Waals surface area contributed by atoms with Crippen LogP contribution in [0.3, 0.4) is 0 Å². The molecule has 0 spiro atoms. The number of amides is 1. The quantitative estimate of drug-likeness (QED) is 0.277. The number of nitrogens with one attached hydrogen (secondary N) is 3. The molecule has 0 saturated heterocycles. The number of rotatable bonds is 8. The number of ether oxygens (including phenoxy) is 3. The van der Waals surface area contributed by atoms with E-state index in [0.717, 1.165) is 35.6 Å². The lowest BCUT2D eigenvalue weighted by Crippen LogP contribution is -2.37. The van der Waals surface area contributed by atoms with Gasteiger partial charge in [0, 0.05) is 25.8 Å². The van der Waals surface area contributed by atoms with Gasteiger partial charge in [-0.3, -0.25) is 10.3 Å². The molecule has 0 aliphatic carbocycles. The molecule has 0 atom stereocenters. The number of methoxy groups -OCH3 is 3. The first-order valence-electron chi connectivity index (χ1n) is 9.19. The third-order valence-electron chi connectivity index (χ3n) is 4.22. The van der Waals surface area contributed by atoms with Gasteiger partial charge in [0.2, 0.25) is 0 Å². The number of benzene rings is 2. The molecular weight excluding hydrogens is 499 g/mol. The molecule has 0 heterocycles. The Balaban J connectivity index is 0.00000450. The molecule has 3 N–H and O–H groups in total. The summed E-state index contributed by atoms with van der Waals surface area (Å²) in [5, 5.41) is 9.18. The van der Waals surface area contributed by atoms with Crippen LogP contribution in [0.15, 0.2) is 47.5 Å². The Kier molecular flexibility index (Phi) is 11.4. The van der Waals surface area contributed by atoms with E-state index < -0.39 is 6.09 Å². The molecule has 0 bridgehead atoms. The zero-order chi connectivity index (χ0) is 21.1. The van der Waals surface area contributed by atoms with Gasteiger partial charge in [-0.1, -0.05) is 18.2 Å². The minimum absolute atomic E-state index is 0. The number of halogens is 1. The van der Waals surface area contributed by atoms with Gasteiger partial charge in [-0.25, -0.2) is 4.79 Å². The minimum atomic E-state index is -0.491. The van der Waals surface area contributed by atoms with E-state index in [-0.39, 0.29) is 24.0 Å². The zero-order valence-corrected chi connectivity index (χ0v) is 20.0. The second kappa shape index (κ2) is 13.5. The van der Waals surface area contributed by atoms with Crippen LogP contribution >= 0.6 is 24.0 Å². The average molecular weight is 528 g/mol. The van der Waals surface area contributed by atoms with E-state index in [0.29, 0.717) is 18.2 Å². The van der Waals surface area contributed by atoms with Crippen molar-refractivity contribution in [1.29, 1.82) is 0 Å². The highest BCUT2D eigenvalue weighted by atomic mass is 127. The number of carbonyl (C=O) groups is 1. The SMILES string of the molecule is CN=C(NCCc1ccc(OC)c(OC)c1)NCc1ccc(NC(=O)OC)cc1.I. The van der Waals surface area contributed by atoms with Crippen LogP contribution in [0.4, 0.5) is 10.5 Å². The number of nitrogens with zero attached hydrogens (tertiary/aromatic N) is 1. The van der Waals surface area contributed by atoms with E-state index in [2.05, 4.69) is 25.7 Å². The molecule has 1 amide bonds. The molecule has 0 aliphatic rings. The fraction of sp³-hybridized carbons (Fsp3) is 0.333. The molecule has 8 nitrogen and oxygen atoms in total. The summed E-state index contributed by atoms with van der Waals surface area (Å²) >= 11 is 0. The summed E-state index contributed by atoms with van der Waals surface area (Å²) in [6.07, 6.45) is 0.324. The Morgan fingerprint density at radius 1 is 0.933 bits per heavy atom. The molecule has 0 aromatic heterocycles. The maximum absolute atomic E-state index is 11.2. The number of hydrogen-bond acceptors (Lipinski definition) is 5. The van der Waals surface area contributed by atoms with Gasteiger partial charge in [-0.05, 0) is 41.8 Å². The van der Waals surface area contributed by atoms with Gasteiger partial charge < -0.3 is 24.8 Å². The molecule has 2 aromatic rings. The zero-order valence-electron chi connectivity index (χ0n) is 17.7. The predicted octanol–water partition coefficient (Wildman–Crippen LogP) is 3.41. The van der Waals surface area contributed by atoms with Crippen LogP contribution in [0.5, 0.6) is 11.5 Å². The van der Waals surface area contributed by atoms with Gasteiger partial charge >= 0.3 is 6.09 Å². The van der Waals surface area contributed by atoms with E-state index >= 15 is 0 Å². The van der Waals surface area contributed by atoms with Crippen molar-refractivity contribution in [3.63, 3.8) is 0 Å². The largest absolute Gasteiger partial charge is 0.493 e. The van der Waals surface area contributed by atoms with Crippen molar-refractivity contribution >= 4 is 41.7 Å². The average Bonchev–Trinajstić information content (AvgIpc) is 2.76. The molecular formula is C21H29IN4O4. The number of aliphatic imine (C=N–C) groups is 1. The molecule has 9 heteroatoms. The Bertz CT molecular complexity index is 828. The maximum atomic E-state index is 11.2. The van der Waals surface area contributed by atoms with Crippen LogP contribution in [0.1, 0.15) is 11.1 Å². The van der Waals surface area contributed by atoms with Crippen molar-refractivity contribution in [3.8, 4) is 11.5 Å². The lowest BCUT2D eigenvalue weighted by molar-refractivity contribution is 0.187. The third-order valence-corrected chi connectivity index (χ3v) is 4.22. The van der Waals surface area contributed by atoms with Crippen LogP contribution in [-0.2, 0) is 17.7 Å². The monoisotopic (exact) mass is 528 g/mol. The molecule has 0 radical (unpaired) electrons. The lowest BCUT2D eigenvalue weighted by atomic mass is 10.1. The first-order chi connectivity index (χ1) is 14.1. The highest BCUT2D eigenvalue weighted by Crippen LogP contribution is 2.27. The van der Waals surface area contributed by atoms with E-state index in [4.69, 9.17) is 9.47 Å². The van der Waals surface area contributed by atoms with Crippen LogP contribution in [0.2, 0.25) is 0 Å². The van der Waals surface area contributed by atoms with E-state index in [9.17, 15) is 4.79 Å². The van der Waals surface area contributed by atoms with Crippen molar-refractivity contribution < 1.29 is 19.0 Å². The van der Waals surface area contributed by atoms with E-state index in [1.165, 1.54) is 7.11 Å². The van der Waals surface area contributed by atoms with Crippen molar-refractivity contribution in [2.24, 2.45) is 4.99 Å². The summed E-state index contributed by atoms with van der Waals surface area (Å²) in [5.41, 5.74) is 2.88. The molecule has 0 unspecified atom stereocenters. The molecule has 2 rings (SSSR count). The summed E-state index contributed by atoms with van der Waals surface area (Å²) in [6, 6.07) is 13.4. The van der Waals surface area contributed by atoms with Crippen molar-refractivity contribution in [3.05, 3.63) is 53.6 Å². The second-order valence-corrected chi connectivity index (χ2v) is 6.11. The molecule has 0 aliphatic heterocycles. The smallest absolute Gasteiger partial charge is 0.411 e. The summed E-state index contributed by atoms with van der Waals surface area (Å²) < 4.78 is 15.2. The molecule has 2 aromatic carbocycles. The summed E-state index contributed by atoms with van der Waals surface area (Å²) in [7, 11) is 6.31. The van der Waals surface area contributed by atoms with E-state index in [1.54, 1.807) is 21.3 Å². The molecule has 0 saturated carbocycles. The fourth-order valence-corrected chi connectivity index (χ4v) is 2.64. The molecule has 0 fully saturated rings. The first kappa shape index (κ1) is 25.3. The summed E-state index contributed by atoms with van der Waals surface area (Å²) in [5.74, 6) is 2.15. The van der Waals surface area contributed by atoms with Crippen LogP contribution < -0.4 is 25.4 Å². The Morgan fingerprint density at radius 3 is 2.20 bits per heavy atom. The summed E-state index contributed by atoms with van der Waals surface area (Å²) in [6.45, 7) is 1.33. The normalized spacial score (nSPS) is 10.5. The fourth-order valence-electron chi connectivity index (χ4n) is 2.64. The number of guanidine groups is 1. The highest BCUT2D eigenvalue weighted by Gasteiger charge is 2.05. The number of hydrogen-bond donors (Lipinski definition) is 3. The van der Waals surface area contributed by atoms with Gasteiger partial charge in [0.1, 0.15) is 0 Å².